The molecule has 0 aliphatic carbocycles. The molecule has 0 saturated carbocycles. The van der Waals surface area contributed by atoms with Gasteiger partial charge in [0.25, 0.3) is 5.91 Å². The number of aromatic nitrogens is 3. The van der Waals surface area contributed by atoms with Gasteiger partial charge in [-0.2, -0.15) is 0 Å². The summed E-state index contributed by atoms with van der Waals surface area (Å²) in [6.45, 7) is 4.23. The maximum Gasteiger partial charge on any atom is 0.257 e. The number of carbonyl (C=O) groups excluding carboxylic acids is 1. The summed E-state index contributed by atoms with van der Waals surface area (Å²) < 4.78 is 5.63. The average Bonchev–Trinajstić information content (AvgIpc) is 3.57. The first-order valence-electron chi connectivity index (χ1n) is 13.2. The van der Waals surface area contributed by atoms with Crippen LogP contribution >= 0.6 is 11.6 Å². The highest BCUT2D eigenvalue weighted by atomic mass is 35.5. The van der Waals surface area contributed by atoms with E-state index in [4.69, 9.17) is 21.3 Å². The summed E-state index contributed by atoms with van der Waals surface area (Å²) in [4.78, 5) is 29.0. The van der Waals surface area contributed by atoms with Crippen LogP contribution in [-0.2, 0) is 11.3 Å². The van der Waals surface area contributed by atoms with Crippen molar-refractivity contribution in [2.75, 3.05) is 52.2 Å². The lowest BCUT2D eigenvalue weighted by molar-refractivity contribution is -0.123. The van der Waals surface area contributed by atoms with Gasteiger partial charge in [0.1, 0.15) is 17.1 Å². The molecule has 0 radical (unpaired) electrons. The summed E-state index contributed by atoms with van der Waals surface area (Å²) in [5, 5.41) is 7.02. The van der Waals surface area contributed by atoms with Crippen LogP contribution in [0.4, 0.5) is 5.69 Å². The third-order valence-corrected chi connectivity index (χ3v) is 7.00. The van der Waals surface area contributed by atoms with Crippen LogP contribution in [0.25, 0.3) is 22.6 Å². The number of halogens is 1. The second kappa shape index (κ2) is 12.5. The second-order valence-electron chi connectivity index (χ2n) is 10.1. The zero-order valence-electron chi connectivity index (χ0n) is 22.3. The molecule has 1 aliphatic heterocycles. The van der Waals surface area contributed by atoms with E-state index in [1.807, 2.05) is 49.3 Å². The Morgan fingerprint density at radius 3 is 2.74 bits per heavy atom. The van der Waals surface area contributed by atoms with Gasteiger partial charge in [0.05, 0.1) is 16.9 Å². The Hall–Kier alpha value is -3.66. The van der Waals surface area contributed by atoms with Crippen molar-refractivity contribution in [3.63, 3.8) is 0 Å². The number of H-pyrrole nitrogens is 1. The first kappa shape index (κ1) is 26.9. The smallest absolute Gasteiger partial charge is 0.257 e. The third-order valence-electron chi connectivity index (χ3n) is 6.72. The van der Waals surface area contributed by atoms with Gasteiger partial charge in [0, 0.05) is 44.3 Å². The van der Waals surface area contributed by atoms with E-state index >= 15 is 0 Å². The molecule has 1 fully saturated rings. The second-order valence-corrected chi connectivity index (χ2v) is 10.5. The largest absolute Gasteiger partial charge is 0.484 e. The van der Waals surface area contributed by atoms with Gasteiger partial charge in [0.15, 0.2) is 12.3 Å². The van der Waals surface area contributed by atoms with E-state index in [1.165, 1.54) is 5.56 Å². The number of anilines is 1. The summed E-state index contributed by atoms with van der Waals surface area (Å²) in [6.07, 6.45) is 2.69. The number of hydrogen-bond donors (Lipinski definition) is 3. The number of rotatable bonds is 11. The Bertz CT molecular complexity index is 1390. The Labute approximate surface area is 233 Å². The lowest BCUT2D eigenvalue weighted by atomic mass is 10.2. The molecule has 10 heteroatoms. The number of imidazole rings is 1. The minimum Gasteiger partial charge on any atom is -0.484 e. The van der Waals surface area contributed by atoms with Gasteiger partial charge in [-0.1, -0.05) is 41.9 Å². The number of carbonyl (C=O) groups is 1. The van der Waals surface area contributed by atoms with Gasteiger partial charge in [-0.3, -0.25) is 9.69 Å². The SMILES string of the molecule is CN(C)CCNC(=O)COc1ccc(-c2nc3c(N[C@H]4CCN(Cc5ccccc5)C4)c(Cl)cnc3[nH]2)cc1. The van der Waals surface area contributed by atoms with Crippen molar-refractivity contribution < 1.29 is 9.53 Å². The molecule has 1 amide bonds. The van der Waals surface area contributed by atoms with Crippen LogP contribution in [0.2, 0.25) is 5.02 Å². The topological polar surface area (TPSA) is 98.4 Å². The van der Waals surface area contributed by atoms with Gasteiger partial charge < -0.3 is 25.3 Å². The Kier molecular flexibility index (Phi) is 8.61. The first-order valence-corrected chi connectivity index (χ1v) is 13.5. The highest BCUT2D eigenvalue weighted by Gasteiger charge is 2.24. The van der Waals surface area contributed by atoms with Crippen LogP contribution in [0.1, 0.15) is 12.0 Å². The first-order chi connectivity index (χ1) is 18.9. The van der Waals surface area contributed by atoms with E-state index in [-0.39, 0.29) is 18.6 Å². The maximum atomic E-state index is 12.0. The quantitative estimate of drug-likeness (QED) is 0.261. The van der Waals surface area contributed by atoms with Crippen molar-refractivity contribution >= 4 is 34.4 Å². The number of aromatic amines is 1. The summed E-state index contributed by atoms with van der Waals surface area (Å²) in [7, 11) is 3.93. The predicted octanol–water partition coefficient (Wildman–Crippen LogP) is 4.02. The van der Waals surface area contributed by atoms with E-state index in [0.717, 1.165) is 43.9 Å². The molecule has 3 heterocycles. The normalized spacial score (nSPS) is 15.6. The molecule has 0 unspecified atom stereocenters. The van der Waals surface area contributed by atoms with Crippen LogP contribution in [-0.4, -0.2) is 83.6 Å². The highest BCUT2D eigenvalue weighted by molar-refractivity contribution is 6.34. The van der Waals surface area contributed by atoms with Gasteiger partial charge in [-0.15, -0.1) is 0 Å². The number of likely N-dealkylation sites (tertiary alicyclic amines) is 1. The fraction of sp³-hybridized carbons (Fsp3) is 0.345. The van der Waals surface area contributed by atoms with Crippen molar-refractivity contribution in [2.24, 2.45) is 0 Å². The molecule has 39 heavy (non-hydrogen) atoms. The highest BCUT2D eigenvalue weighted by Crippen LogP contribution is 2.32. The van der Waals surface area contributed by atoms with Gasteiger partial charge >= 0.3 is 0 Å². The van der Waals surface area contributed by atoms with Crippen molar-refractivity contribution in [1.29, 1.82) is 0 Å². The van der Waals surface area contributed by atoms with E-state index in [9.17, 15) is 4.79 Å². The number of amides is 1. The minimum absolute atomic E-state index is 0.0290. The lowest BCUT2D eigenvalue weighted by Crippen LogP contribution is -2.34. The minimum atomic E-state index is -0.147. The van der Waals surface area contributed by atoms with Crippen LogP contribution in [0.3, 0.4) is 0 Å². The molecular formula is C29H34ClN7O2. The van der Waals surface area contributed by atoms with Gasteiger partial charge in [-0.25, -0.2) is 9.97 Å². The number of benzene rings is 2. The Balaban J connectivity index is 1.22. The molecule has 2 aromatic carbocycles. The fourth-order valence-electron chi connectivity index (χ4n) is 4.67. The molecule has 0 bridgehead atoms. The number of nitrogens with one attached hydrogen (secondary N) is 3. The summed E-state index contributed by atoms with van der Waals surface area (Å²) in [5.41, 5.74) is 4.39. The van der Waals surface area contributed by atoms with Crippen molar-refractivity contribution in [2.45, 2.75) is 19.0 Å². The molecule has 3 N–H and O–H groups in total. The number of hydrogen-bond acceptors (Lipinski definition) is 7. The molecular weight excluding hydrogens is 514 g/mol. The molecule has 4 aromatic rings. The van der Waals surface area contributed by atoms with E-state index < -0.39 is 0 Å². The zero-order chi connectivity index (χ0) is 27.2. The van der Waals surface area contributed by atoms with E-state index in [0.29, 0.717) is 34.3 Å². The van der Waals surface area contributed by atoms with Crippen LogP contribution < -0.4 is 15.4 Å². The average molecular weight is 548 g/mol. The Morgan fingerprint density at radius 1 is 1.18 bits per heavy atom. The molecule has 1 aliphatic rings. The van der Waals surface area contributed by atoms with E-state index in [2.05, 4.69) is 49.8 Å². The number of ether oxygens (including phenoxy) is 1. The molecule has 9 nitrogen and oxygen atoms in total. The number of fused-ring (bicyclic) bond motifs is 1. The summed E-state index contributed by atoms with van der Waals surface area (Å²) in [6, 6.07) is 18.3. The van der Waals surface area contributed by atoms with Crippen LogP contribution in [0.5, 0.6) is 5.75 Å². The molecule has 1 saturated heterocycles. The van der Waals surface area contributed by atoms with Crippen molar-refractivity contribution in [1.82, 2.24) is 30.1 Å². The van der Waals surface area contributed by atoms with Crippen LogP contribution in [0.15, 0.2) is 60.8 Å². The van der Waals surface area contributed by atoms with Gasteiger partial charge in [0.2, 0.25) is 0 Å². The third kappa shape index (κ3) is 7.06. The molecule has 5 rings (SSSR count). The Morgan fingerprint density at radius 2 is 1.97 bits per heavy atom. The molecule has 2 aromatic heterocycles. The van der Waals surface area contributed by atoms with Crippen molar-refractivity contribution in [3.05, 3.63) is 71.4 Å². The van der Waals surface area contributed by atoms with Gasteiger partial charge in [-0.05, 0) is 50.3 Å². The monoisotopic (exact) mass is 547 g/mol. The maximum absolute atomic E-state index is 12.0. The molecule has 0 spiro atoms. The predicted molar refractivity (Wildman–Crippen MR) is 155 cm³/mol. The van der Waals surface area contributed by atoms with Crippen molar-refractivity contribution in [3.8, 4) is 17.1 Å². The zero-order valence-corrected chi connectivity index (χ0v) is 23.0. The summed E-state index contributed by atoms with van der Waals surface area (Å²) >= 11 is 6.59. The fourth-order valence-corrected chi connectivity index (χ4v) is 4.87. The van der Waals surface area contributed by atoms with Crippen LogP contribution in [0, 0.1) is 0 Å². The lowest BCUT2D eigenvalue weighted by Gasteiger charge is -2.18. The molecule has 204 valence electrons. The number of likely N-dealkylation sites (N-methyl/N-ethyl adjacent to an activating group) is 1. The standard InChI is InChI=1S/C29H34ClN7O2/c1-36(2)15-13-31-25(38)19-39-23-10-8-21(9-11-23)28-34-27-26(24(30)16-32-29(27)35-28)33-22-12-14-37(18-22)17-20-6-4-3-5-7-20/h3-11,16,22H,12-15,17-19H2,1-2H3,(H,31,38)(H2,32,33,34,35)/t22-/m0/s1. The van der Waals surface area contributed by atoms with E-state index in [1.54, 1.807) is 6.20 Å². The molecule has 1 atom stereocenters. The number of pyridine rings is 1. The summed E-state index contributed by atoms with van der Waals surface area (Å²) in [5.74, 6) is 1.15. The number of nitrogens with zero attached hydrogens (tertiary/aromatic N) is 4.